The molecular formula is C20H16Cl2N4O2S. The van der Waals surface area contributed by atoms with Crippen molar-refractivity contribution in [2.45, 2.75) is 26.2 Å². The molecule has 3 rings (SSSR count). The number of nitrogens with one attached hydrogen (secondary N) is 1. The van der Waals surface area contributed by atoms with Crippen LogP contribution in [0.5, 0.6) is 0 Å². The summed E-state index contributed by atoms with van der Waals surface area (Å²) in [4.78, 5) is 12.4. The SMILES string of the molecule is CCCCc1nnc(NC(=O)/C(C#N)=C\c2ccc(-c3cc(Cl)ccc3Cl)o2)s1. The van der Waals surface area contributed by atoms with Crippen molar-refractivity contribution < 1.29 is 9.21 Å². The molecule has 0 bridgehead atoms. The highest BCUT2D eigenvalue weighted by Gasteiger charge is 2.15. The first kappa shape index (κ1) is 21.1. The van der Waals surface area contributed by atoms with Crippen LogP contribution in [0.2, 0.25) is 10.0 Å². The highest BCUT2D eigenvalue weighted by molar-refractivity contribution is 7.15. The summed E-state index contributed by atoms with van der Waals surface area (Å²) in [5.41, 5.74) is 0.503. The maximum absolute atomic E-state index is 12.4. The lowest BCUT2D eigenvalue weighted by molar-refractivity contribution is -0.112. The topological polar surface area (TPSA) is 91.8 Å². The predicted molar refractivity (Wildman–Crippen MR) is 115 cm³/mol. The zero-order chi connectivity index (χ0) is 20.8. The molecule has 0 atom stereocenters. The molecule has 0 spiro atoms. The van der Waals surface area contributed by atoms with Crippen LogP contribution in [0, 0.1) is 11.3 Å². The summed E-state index contributed by atoms with van der Waals surface area (Å²) in [7, 11) is 0. The van der Waals surface area contributed by atoms with Crippen LogP contribution in [0.1, 0.15) is 30.5 Å². The molecule has 3 aromatic rings. The van der Waals surface area contributed by atoms with E-state index in [2.05, 4.69) is 22.4 Å². The molecule has 6 nitrogen and oxygen atoms in total. The largest absolute Gasteiger partial charge is 0.457 e. The van der Waals surface area contributed by atoms with Crippen LogP contribution in [0.4, 0.5) is 5.13 Å². The van der Waals surface area contributed by atoms with Crippen LogP contribution in [0.25, 0.3) is 17.4 Å². The van der Waals surface area contributed by atoms with Crippen molar-refractivity contribution in [3.8, 4) is 17.4 Å². The molecule has 0 saturated carbocycles. The molecule has 0 aliphatic carbocycles. The smallest absolute Gasteiger partial charge is 0.268 e. The number of halogens is 2. The molecule has 1 amide bonds. The van der Waals surface area contributed by atoms with E-state index in [-0.39, 0.29) is 5.57 Å². The first-order valence-electron chi connectivity index (χ1n) is 8.81. The number of rotatable bonds is 7. The lowest BCUT2D eigenvalue weighted by Crippen LogP contribution is -2.13. The van der Waals surface area contributed by atoms with Gasteiger partial charge in [-0.05, 0) is 36.8 Å². The number of hydrogen-bond donors (Lipinski definition) is 1. The number of aryl methyl sites for hydroxylation is 1. The van der Waals surface area contributed by atoms with E-state index in [0.717, 1.165) is 24.3 Å². The molecule has 9 heteroatoms. The fourth-order valence-corrected chi connectivity index (χ4v) is 3.61. The minimum Gasteiger partial charge on any atom is -0.457 e. The van der Waals surface area contributed by atoms with Gasteiger partial charge in [-0.2, -0.15) is 5.26 Å². The number of benzene rings is 1. The Bertz CT molecular complexity index is 1100. The second-order valence-corrected chi connectivity index (χ2v) is 7.96. The van der Waals surface area contributed by atoms with Gasteiger partial charge in [-0.3, -0.25) is 10.1 Å². The average Bonchev–Trinajstić information content (AvgIpc) is 3.35. The second kappa shape index (κ2) is 9.70. The Kier molecular flexibility index (Phi) is 7.04. The van der Waals surface area contributed by atoms with Crippen molar-refractivity contribution in [2.24, 2.45) is 0 Å². The Morgan fingerprint density at radius 1 is 1.31 bits per heavy atom. The molecule has 148 valence electrons. The molecular weight excluding hydrogens is 431 g/mol. The van der Waals surface area contributed by atoms with E-state index in [1.165, 1.54) is 17.4 Å². The standard InChI is InChI=1S/C20H16Cl2N4O2S/c1-2-3-4-18-25-26-20(29-18)24-19(27)12(11-23)9-14-6-8-17(28-14)15-10-13(21)5-7-16(15)22/h5-10H,2-4H2,1H3,(H,24,26,27)/b12-9-. The Balaban J connectivity index is 1.75. The molecule has 0 radical (unpaired) electrons. The van der Waals surface area contributed by atoms with Gasteiger partial charge >= 0.3 is 0 Å². The normalized spacial score (nSPS) is 11.3. The second-order valence-electron chi connectivity index (χ2n) is 6.05. The fraction of sp³-hybridized carbons (Fsp3) is 0.200. The van der Waals surface area contributed by atoms with E-state index in [4.69, 9.17) is 27.6 Å². The average molecular weight is 447 g/mol. The van der Waals surface area contributed by atoms with Crippen molar-refractivity contribution in [3.05, 3.63) is 56.7 Å². The van der Waals surface area contributed by atoms with Gasteiger partial charge in [0.1, 0.15) is 28.2 Å². The Morgan fingerprint density at radius 3 is 2.90 bits per heavy atom. The van der Waals surface area contributed by atoms with Crippen LogP contribution in [-0.4, -0.2) is 16.1 Å². The minimum atomic E-state index is -0.579. The van der Waals surface area contributed by atoms with E-state index in [1.54, 1.807) is 30.3 Å². The molecule has 0 aliphatic rings. The van der Waals surface area contributed by atoms with Gasteiger partial charge in [-0.25, -0.2) is 0 Å². The number of amides is 1. The van der Waals surface area contributed by atoms with Crippen molar-refractivity contribution in [1.29, 1.82) is 5.26 Å². The van der Waals surface area contributed by atoms with E-state index < -0.39 is 5.91 Å². The lowest BCUT2D eigenvalue weighted by atomic mass is 10.2. The molecule has 29 heavy (non-hydrogen) atoms. The molecule has 2 heterocycles. The summed E-state index contributed by atoms with van der Waals surface area (Å²) in [6.07, 6.45) is 4.22. The first-order chi connectivity index (χ1) is 14.0. The molecule has 0 aliphatic heterocycles. The summed E-state index contributed by atoms with van der Waals surface area (Å²) < 4.78 is 5.71. The van der Waals surface area contributed by atoms with E-state index >= 15 is 0 Å². The van der Waals surface area contributed by atoms with Crippen LogP contribution in [0.3, 0.4) is 0 Å². The number of anilines is 1. The van der Waals surface area contributed by atoms with Gasteiger partial charge in [-0.15, -0.1) is 10.2 Å². The van der Waals surface area contributed by atoms with Gasteiger partial charge in [0.15, 0.2) is 0 Å². The van der Waals surface area contributed by atoms with Crippen LogP contribution in [0.15, 0.2) is 40.3 Å². The Labute approximate surface area is 181 Å². The van der Waals surface area contributed by atoms with Gasteiger partial charge in [0.05, 0.1) is 5.02 Å². The number of carbonyl (C=O) groups is 1. The number of nitriles is 1. The van der Waals surface area contributed by atoms with Gasteiger partial charge in [0, 0.05) is 23.1 Å². The summed E-state index contributed by atoms with van der Waals surface area (Å²) in [5.74, 6) is 0.235. The summed E-state index contributed by atoms with van der Waals surface area (Å²) in [6.45, 7) is 2.09. The maximum atomic E-state index is 12.4. The van der Waals surface area contributed by atoms with E-state index in [9.17, 15) is 10.1 Å². The number of carbonyl (C=O) groups excluding carboxylic acids is 1. The van der Waals surface area contributed by atoms with Crippen molar-refractivity contribution in [3.63, 3.8) is 0 Å². The summed E-state index contributed by atoms with van der Waals surface area (Å²) in [6, 6.07) is 10.2. The highest BCUT2D eigenvalue weighted by atomic mass is 35.5. The number of nitrogens with zero attached hydrogens (tertiary/aromatic N) is 3. The lowest BCUT2D eigenvalue weighted by Gasteiger charge is -2.01. The van der Waals surface area contributed by atoms with Crippen LogP contribution < -0.4 is 5.32 Å². The van der Waals surface area contributed by atoms with Crippen molar-refractivity contribution >= 4 is 51.7 Å². The zero-order valence-electron chi connectivity index (χ0n) is 15.4. The van der Waals surface area contributed by atoms with Gasteiger partial charge in [0.2, 0.25) is 5.13 Å². The minimum absolute atomic E-state index is 0.117. The van der Waals surface area contributed by atoms with E-state index in [1.807, 2.05) is 6.07 Å². The number of aromatic nitrogens is 2. The van der Waals surface area contributed by atoms with Crippen molar-refractivity contribution in [2.75, 3.05) is 5.32 Å². The van der Waals surface area contributed by atoms with Crippen molar-refractivity contribution in [1.82, 2.24) is 10.2 Å². The summed E-state index contributed by atoms with van der Waals surface area (Å²) in [5, 5.41) is 22.2. The van der Waals surface area contributed by atoms with Crippen LogP contribution in [-0.2, 0) is 11.2 Å². The number of hydrogen-bond acceptors (Lipinski definition) is 6. The third-order valence-electron chi connectivity index (χ3n) is 3.90. The third-order valence-corrected chi connectivity index (χ3v) is 5.37. The predicted octanol–water partition coefficient (Wildman–Crippen LogP) is 5.99. The first-order valence-corrected chi connectivity index (χ1v) is 10.4. The quantitative estimate of drug-likeness (QED) is 0.355. The fourth-order valence-electron chi connectivity index (χ4n) is 2.45. The summed E-state index contributed by atoms with van der Waals surface area (Å²) >= 11 is 13.5. The monoisotopic (exact) mass is 446 g/mol. The molecule has 0 saturated heterocycles. The molecule has 2 aromatic heterocycles. The van der Waals surface area contributed by atoms with Gasteiger partial charge in [-0.1, -0.05) is 47.9 Å². The van der Waals surface area contributed by atoms with E-state index in [0.29, 0.717) is 32.3 Å². The molecule has 0 fully saturated rings. The molecule has 0 unspecified atom stereocenters. The third kappa shape index (κ3) is 5.45. The Hall–Kier alpha value is -2.66. The maximum Gasteiger partial charge on any atom is 0.268 e. The van der Waals surface area contributed by atoms with Gasteiger partial charge in [0.25, 0.3) is 5.91 Å². The highest BCUT2D eigenvalue weighted by Crippen LogP contribution is 2.32. The molecule has 1 N–H and O–H groups in total. The van der Waals surface area contributed by atoms with Gasteiger partial charge < -0.3 is 4.42 Å². The zero-order valence-corrected chi connectivity index (χ0v) is 17.7. The number of furan rings is 1. The molecule has 1 aromatic carbocycles. The number of unbranched alkanes of at least 4 members (excludes halogenated alkanes) is 1. The Morgan fingerprint density at radius 2 is 2.14 bits per heavy atom. The van der Waals surface area contributed by atoms with Crippen LogP contribution >= 0.6 is 34.5 Å².